The zero-order chi connectivity index (χ0) is 11.8. The number of rotatable bonds is 1. The fourth-order valence-corrected chi connectivity index (χ4v) is 2.57. The minimum Gasteiger partial charge on any atom is -0.166 e. The maximum atomic E-state index is 12.7. The second-order valence-electron chi connectivity index (χ2n) is 3.18. The molecule has 0 atom stereocenters. The summed E-state index contributed by atoms with van der Waals surface area (Å²) in [4.78, 5) is 0.581. The molecule has 1 aromatic heterocycles. The van der Waals surface area contributed by atoms with Crippen LogP contribution < -0.4 is 0 Å². The molecule has 1 heterocycles. The van der Waals surface area contributed by atoms with Gasteiger partial charge >= 0.3 is 6.18 Å². The average Bonchev–Trinajstić information content (AvgIpc) is 2.64. The highest BCUT2D eigenvalue weighted by atomic mass is 32.2. The predicted octanol–water partition coefficient (Wildman–Crippen LogP) is 4.72. The molecule has 0 aliphatic carbocycles. The molecule has 0 aliphatic heterocycles. The molecule has 0 radical (unpaired) electrons. The zero-order valence-corrected chi connectivity index (χ0v) is 9.66. The Morgan fingerprint density at radius 1 is 1.00 bits per heavy atom. The van der Waals surface area contributed by atoms with Gasteiger partial charge in [0.1, 0.15) is 0 Å². The van der Waals surface area contributed by atoms with Crippen molar-refractivity contribution in [1.29, 1.82) is 0 Å². The van der Waals surface area contributed by atoms with Crippen LogP contribution >= 0.6 is 24.0 Å². The lowest BCUT2D eigenvalue weighted by Crippen LogP contribution is -2.06. The standard InChI is InChI=1S/C11H7F3S2/c12-11(13,14)8-4-2-1-3-7(8)9-5-6-10(15)16-9/h1-6,15H. The van der Waals surface area contributed by atoms with Crippen LogP contribution in [0.4, 0.5) is 13.2 Å². The lowest BCUT2D eigenvalue weighted by molar-refractivity contribution is -0.137. The molecule has 5 heteroatoms. The molecule has 0 saturated heterocycles. The molecule has 0 saturated carbocycles. The largest absolute Gasteiger partial charge is 0.417 e. The van der Waals surface area contributed by atoms with E-state index >= 15 is 0 Å². The summed E-state index contributed by atoms with van der Waals surface area (Å²) in [5.41, 5.74) is -0.398. The van der Waals surface area contributed by atoms with Gasteiger partial charge < -0.3 is 0 Å². The van der Waals surface area contributed by atoms with Crippen LogP contribution in [0.25, 0.3) is 10.4 Å². The van der Waals surface area contributed by atoms with Crippen LogP contribution in [0, 0.1) is 0 Å². The molecule has 0 fully saturated rings. The monoisotopic (exact) mass is 260 g/mol. The van der Waals surface area contributed by atoms with E-state index in [1.165, 1.54) is 23.5 Å². The van der Waals surface area contributed by atoms with Gasteiger partial charge in [-0.2, -0.15) is 13.2 Å². The van der Waals surface area contributed by atoms with Gasteiger partial charge in [0, 0.05) is 10.4 Å². The number of benzene rings is 1. The van der Waals surface area contributed by atoms with Crippen molar-refractivity contribution in [3.8, 4) is 10.4 Å². The highest BCUT2D eigenvalue weighted by Crippen LogP contribution is 2.39. The summed E-state index contributed by atoms with van der Waals surface area (Å²) >= 11 is 5.33. The topological polar surface area (TPSA) is 0 Å². The Morgan fingerprint density at radius 3 is 2.25 bits per heavy atom. The fourth-order valence-electron chi connectivity index (χ4n) is 1.42. The van der Waals surface area contributed by atoms with Gasteiger partial charge in [0.15, 0.2) is 0 Å². The maximum absolute atomic E-state index is 12.7. The third-order valence-corrected chi connectivity index (χ3v) is 3.43. The summed E-state index contributed by atoms with van der Waals surface area (Å²) in [7, 11) is 0. The molecule has 0 N–H and O–H groups in total. The first-order valence-corrected chi connectivity index (χ1v) is 5.70. The smallest absolute Gasteiger partial charge is 0.166 e. The molecule has 2 rings (SSSR count). The minimum atomic E-state index is -4.32. The Balaban J connectivity index is 2.57. The number of thiol groups is 1. The van der Waals surface area contributed by atoms with Crippen molar-refractivity contribution in [2.24, 2.45) is 0 Å². The third kappa shape index (κ3) is 2.25. The number of hydrogen-bond donors (Lipinski definition) is 1. The number of halogens is 3. The SMILES string of the molecule is FC(F)(F)c1ccccc1-c1ccc(S)s1. The van der Waals surface area contributed by atoms with Gasteiger partial charge in [-0.25, -0.2) is 0 Å². The third-order valence-electron chi connectivity index (χ3n) is 2.09. The van der Waals surface area contributed by atoms with Gasteiger partial charge in [0.25, 0.3) is 0 Å². The summed E-state index contributed by atoms with van der Waals surface area (Å²) in [5.74, 6) is 0. The van der Waals surface area contributed by atoms with Gasteiger partial charge in [-0.1, -0.05) is 18.2 Å². The van der Waals surface area contributed by atoms with E-state index in [0.717, 1.165) is 6.07 Å². The van der Waals surface area contributed by atoms with E-state index in [9.17, 15) is 13.2 Å². The lowest BCUT2D eigenvalue weighted by atomic mass is 10.1. The second kappa shape index (κ2) is 4.14. The van der Waals surface area contributed by atoms with E-state index in [4.69, 9.17) is 0 Å². The molecule has 16 heavy (non-hydrogen) atoms. The van der Waals surface area contributed by atoms with Crippen molar-refractivity contribution in [2.45, 2.75) is 10.4 Å². The van der Waals surface area contributed by atoms with Gasteiger partial charge in [0.2, 0.25) is 0 Å². The van der Waals surface area contributed by atoms with Crippen molar-refractivity contribution >= 4 is 24.0 Å². The van der Waals surface area contributed by atoms with Crippen molar-refractivity contribution in [1.82, 2.24) is 0 Å². The van der Waals surface area contributed by atoms with Crippen LogP contribution in [0.3, 0.4) is 0 Å². The summed E-state index contributed by atoms with van der Waals surface area (Å²) in [6.07, 6.45) is -4.32. The Bertz CT molecular complexity index is 500. The van der Waals surface area contributed by atoms with E-state index in [1.807, 2.05) is 0 Å². The Labute approximate surface area is 100 Å². The van der Waals surface area contributed by atoms with Gasteiger partial charge in [0.05, 0.1) is 9.77 Å². The number of alkyl halides is 3. The number of hydrogen-bond acceptors (Lipinski definition) is 2. The Kier molecular flexibility index (Phi) is 2.99. The Morgan fingerprint density at radius 2 is 1.69 bits per heavy atom. The van der Waals surface area contributed by atoms with Crippen LogP contribution in [0.5, 0.6) is 0 Å². The summed E-state index contributed by atoms with van der Waals surface area (Å²) in [6.45, 7) is 0. The van der Waals surface area contributed by atoms with Crippen LogP contribution in [-0.4, -0.2) is 0 Å². The molecule has 0 bridgehead atoms. The normalized spacial score (nSPS) is 11.8. The highest BCUT2D eigenvalue weighted by Gasteiger charge is 2.33. The van der Waals surface area contributed by atoms with Crippen LogP contribution in [-0.2, 0) is 6.18 Å². The summed E-state index contributed by atoms with van der Waals surface area (Å²) in [6, 6.07) is 8.90. The molecular formula is C11H7F3S2. The van der Waals surface area contributed by atoms with Gasteiger partial charge in [-0.15, -0.1) is 24.0 Å². The molecule has 0 spiro atoms. The average molecular weight is 260 g/mol. The maximum Gasteiger partial charge on any atom is 0.417 e. The molecule has 84 valence electrons. The fraction of sp³-hybridized carbons (Fsp3) is 0.0909. The van der Waals surface area contributed by atoms with Gasteiger partial charge in [-0.3, -0.25) is 0 Å². The molecule has 0 nitrogen and oxygen atoms in total. The molecule has 0 unspecified atom stereocenters. The van der Waals surface area contributed by atoms with E-state index in [0.29, 0.717) is 9.09 Å². The first kappa shape index (κ1) is 11.5. The minimum absolute atomic E-state index is 0.209. The van der Waals surface area contributed by atoms with Crippen LogP contribution in [0.1, 0.15) is 5.56 Å². The van der Waals surface area contributed by atoms with Crippen LogP contribution in [0.15, 0.2) is 40.6 Å². The Hall–Kier alpha value is -0.940. The second-order valence-corrected chi connectivity index (χ2v) is 5.05. The molecule has 0 aliphatic rings. The quantitative estimate of drug-likeness (QED) is 0.704. The van der Waals surface area contributed by atoms with Gasteiger partial charge in [-0.05, 0) is 18.2 Å². The first-order chi connectivity index (χ1) is 7.48. The highest BCUT2D eigenvalue weighted by molar-refractivity contribution is 7.83. The molecule has 0 amide bonds. The van der Waals surface area contributed by atoms with E-state index < -0.39 is 11.7 Å². The lowest BCUT2D eigenvalue weighted by Gasteiger charge is -2.10. The molecule has 1 aromatic carbocycles. The van der Waals surface area contributed by atoms with E-state index in [2.05, 4.69) is 12.6 Å². The predicted molar refractivity (Wildman–Crippen MR) is 62.0 cm³/mol. The van der Waals surface area contributed by atoms with Crippen molar-refractivity contribution < 1.29 is 13.2 Å². The first-order valence-electron chi connectivity index (χ1n) is 4.44. The van der Waals surface area contributed by atoms with Crippen molar-refractivity contribution in [2.75, 3.05) is 0 Å². The molecule has 2 aromatic rings. The van der Waals surface area contributed by atoms with E-state index in [-0.39, 0.29) is 5.56 Å². The molecular weight excluding hydrogens is 253 g/mol. The van der Waals surface area contributed by atoms with Crippen molar-refractivity contribution in [3.05, 3.63) is 42.0 Å². The summed E-state index contributed by atoms with van der Waals surface area (Å²) in [5, 5.41) is 0. The number of thiophene rings is 1. The van der Waals surface area contributed by atoms with Crippen molar-refractivity contribution in [3.63, 3.8) is 0 Å². The van der Waals surface area contributed by atoms with Crippen LogP contribution in [0.2, 0.25) is 0 Å². The van der Waals surface area contributed by atoms with E-state index in [1.54, 1.807) is 18.2 Å². The summed E-state index contributed by atoms with van der Waals surface area (Å²) < 4.78 is 38.9. The zero-order valence-electron chi connectivity index (χ0n) is 7.95.